The van der Waals surface area contributed by atoms with Gasteiger partial charge in [-0.05, 0) is 54.7 Å². The Kier molecular flexibility index (Phi) is 8.36. The topological polar surface area (TPSA) is 91.7 Å². The molecule has 0 aliphatic carbocycles. The van der Waals surface area contributed by atoms with Gasteiger partial charge in [0.1, 0.15) is 11.3 Å². The van der Waals surface area contributed by atoms with E-state index < -0.39 is 12.1 Å². The van der Waals surface area contributed by atoms with Crippen molar-refractivity contribution in [1.29, 1.82) is 0 Å². The Bertz CT molecular complexity index is 1010. The summed E-state index contributed by atoms with van der Waals surface area (Å²) in [5.41, 5.74) is 4.06. The Morgan fingerprint density at radius 1 is 1.12 bits per heavy atom. The van der Waals surface area contributed by atoms with Crippen LogP contribution in [0, 0.1) is 0 Å². The summed E-state index contributed by atoms with van der Waals surface area (Å²) in [6.07, 6.45) is 4.41. The van der Waals surface area contributed by atoms with Crippen molar-refractivity contribution in [2.45, 2.75) is 38.8 Å². The van der Waals surface area contributed by atoms with E-state index in [1.54, 1.807) is 30.6 Å². The maximum Gasteiger partial charge on any atom is 0.339 e. The lowest BCUT2D eigenvalue weighted by Gasteiger charge is -2.17. The number of benzene rings is 2. The molecular formula is C26H30N2O4. The summed E-state index contributed by atoms with van der Waals surface area (Å²) in [7, 11) is 0. The normalized spacial score (nSPS) is 12.8. The van der Waals surface area contributed by atoms with Crippen LogP contribution in [0.5, 0.6) is 5.75 Å². The van der Waals surface area contributed by atoms with Crippen LogP contribution in [0.3, 0.4) is 0 Å². The van der Waals surface area contributed by atoms with E-state index in [2.05, 4.69) is 29.4 Å². The molecule has 32 heavy (non-hydrogen) atoms. The summed E-state index contributed by atoms with van der Waals surface area (Å²) in [4.78, 5) is 15.5. The number of pyridine rings is 1. The first-order valence-corrected chi connectivity index (χ1v) is 10.9. The zero-order valence-electron chi connectivity index (χ0n) is 18.5. The molecule has 3 rings (SSSR count). The largest absolute Gasteiger partial charge is 0.493 e. The molecule has 0 saturated heterocycles. The summed E-state index contributed by atoms with van der Waals surface area (Å²) in [5, 5.41) is 23.0. The monoisotopic (exact) mass is 434 g/mol. The summed E-state index contributed by atoms with van der Waals surface area (Å²) in [6, 6.07) is 17.3. The number of nitrogens with one attached hydrogen (secondary N) is 1. The fourth-order valence-electron chi connectivity index (χ4n) is 3.47. The Morgan fingerprint density at radius 3 is 2.53 bits per heavy atom. The number of carboxylic acid groups (broad SMARTS) is 1. The SMILES string of the molecule is CCCOc1cc(-c2ccc(C[C@@H](C)NC[C@H](O)c3cccnc3)cc2)ccc1C(=O)O. The van der Waals surface area contributed by atoms with Gasteiger partial charge >= 0.3 is 5.97 Å². The van der Waals surface area contributed by atoms with Gasteiger partial charge in [0.05, 0.1) is 12.7 Å². The highest BCUT2D eigenvalue weighted by molar-refractivity contribution is 5.92. The zero-order valence-corrected chi connectivity index (χ0v) is 18.5. The predicted molar refractivity (Wildman–Crippen MR) is 125 cm³/mol. The van der Waals surface area contributed by atoms with Crippen molar-refractivity contribution in [2.75, 3.05) is 13.2 Å². The highest BCUT2D eigenvalue weighted by Gasteiger charge is 2.13. The molecule has 3 aromatic rings. The molecule has 0 spiro atoms. The van der Waals surface area contributed by atoms with Gasteiger partial charge in [-0.3, -0.25) is 4.98 Å². The zero-order chi connectivity index (χ0) is 22.9. The molecular weight excluding hydrogens is 404 g/mol. The standard InChI is InChI=1S/C26H30N2O4/c1-3-13-32-25-15-21(10-11-23(25)26(30)31)20-8-6-19(7-9-20)14-18(2)28-17-24(29)22-5-4-12-27-16-22/h4-12,15-16,18,24,28-29H,3,13-14,17H2,1-2H3,(H,30,31)/t18-,24+/m1/s1. The molecule has 6 heteroatoms. The number of carbonyl (C=O) groups is 1. The molecule has 1 heterocycles. The Morgan fingerprint density at radius 2 is 1.88 bits per heavy atom. The number of hydrogen-bond acceptors (Lipinski definition) is 5. The molecule has 0 amide bonds. The number of carboxylic acids is 1. The van der Waals surface area contributed by atoms with Gasteiger partial charge in [0.15, 0.2) is 0 Å². The first-order valence-electron chi connectivity index (χ1n) is 10.9. The number of ether oxygens (including phenoxy) is 1. The Hall–Kier alpha value is -3.22. The van der Waals surface area contributed by atoms with Crippen molar-refractivity contribution < 1.29 is 19.7 Å². The molecule has 6 nitrogen and oxygen atoms in total. The average Bonchev–Trinajstić information content (AvgIpc) is 2.82. The van der Waals surface area contributed by atoms with Crippen LogP contribution in [0.15, 0.2) is 67.0 Å². The lowest BCUT2D eigenvalue weighted by Crippen LogP contribution is -2.32. The Labute approximate surface area is 188 Å². The molecule has 0 bridgehead atoms. The first-order chi connectivity index (χ1) is 15.5. The van der Waals surface area contributed by atoms with E-state index in [0.29, 0.717) is 18.9 Å². The van der Waals surface area contributed by atoms with Gasteiger partial charge in [-0.25, -0.2) is 4.79 Å². The van der Waals surface area contributed by atoms with Gasteiger partial charge in [0.25, 0.3) is 0 Å². The van der Waals surface area contributed by atoms with Crippen molar-refractivity contribution in [3.05, 3.63) is 83.7 Å². The van der Waals surface area contributed by atoms with Crippen molar-refractivity contribution >= 4 is 5.97 Å². The lowest BCUT2D eigenvalue weighted by molar-refractivity contribution is 0.0692. The lowest BCUT2D eigenvalue weighted by atomic mass is 9.99. The second kappa shape index (κ2) is 11.4. The average molecular weight is 435 g/mol. The van der Waals surface area contributed by atoms with Gasteiger partial charge in [0.2, 0.25) is 0 Å². The molecule has 0 saturated carbocycles. The molecule has 1 aromatic heterocycles. The van der Waals surface area contributed by atoms with Crippen LogP contribution in [0.2, 0.25) is 0 Å². The third-order valence-electron chi connectivity index (χ3n) is 5.23. The summed E-state index contributed by atoms with van der Waals surface area (Å²) >= 11 is 0. The van der Waals surface area contributed by atoms with E-state index in [9.17, 15) is 15.0 Å². The van der Waals surface area contributed by atoms with E-state index in [4.69, 9.17) is 4.74 Å². The molecule has 0 aliphatic rings. The van der Waals surface area contributed by atoms with Crippen LogP contribution in [-0.4, -0.2) is 40.4 Å². The fraction of sp³-hybridized carbons (Fsp3) is 0.308. The minimum absolute atomic E-state index is 0.173. The van der Waals surface area contributed by atoms with E-state index in [0.717, 1.165) is 29.5 Å². The highest BCUT2D eigenvalue weighted by atomic mass is 16.5. The van der Waals surface area contributed by atoms with Crippen LogP contribution >= 0.6 is 0 Å². The number of aliphatic hydroxyl groups excluding tert-OH is 1. The minimum atomic E-state index is -0.992. The van der Waals surface area contributed by atoms with Gasteiger partial charge < -0.3 is 20.3 Å². The third-order valence-corrected chi connectivity index (χ3v) is 5.23. The molecule has 2 atom stereocenters. The molecule has 3 N–H and O–H groups in total. The molecule has 168 valence electrons. The third kappa shape index (κ3) is 6.39. The second-order valence-electron chi connectivity index (χ2n) is 7.88. The van der Waals surface area contributed by atoms with Gasteiger partial charge in [0, 0.05) is 30.5 Å². The fourth-order valence-corrected chi connectivity index (χ4v) is 3.47. The number of aromatic carboxylic acids is 1. The van der Waals surface area contributed by atoms with Crippen LogP contribution in [0.4, 0.5) is 0 Å². The van der Waals surface area contributed by atoms with Gasteiger partial charge in [-0.1, -0.05) is 43.3 Å². The van der Waals surface area contributed by atoms with E-state index in [1.807, 2.05) is 31.2 Å². The van der Waals surface area contributed by atoms with Gasteiger partial charge in [-0.15, -0.1) is 0 Å². The van der Waals surface area contributed by atoms with Crippen LogP contribution in [0.25, 0.3) is 11.1 Å². The quantitative estimate of drug-likeness (QED) is 0.412. The van der Waals surface area contributed by atoms with Crippen molar-refractivity contribution in [2.24, 2.45) is 0 Å². The Balaban J connectivity index is 1.61. The van der Waals surface area contributed by atoms with E-state index in [1.165, 1.54) is 5.56 Å². The van der Waals surface area contributed by atoms with Crippen molar-refractivity contribution in [1.82, 2.24) is 10.3 Å². The minimum Gasteiger partial charge on any atom is -0.493 e. The number of rotatable bonds is 11. The van der Waals surface area contributed by atoms with E-state index in [-0.39, 0.29) is 11.6 Å². The van der Waals surface area contributed by atoms with Crippen molar-refractivity contribution in [3.8, 4) is 16.9 Å². The van der Waals surface area contributed by atoms with Crippen LogP contribution in [-0.2, 0) is 6.42 Å². The number of aliphatic hydroxyl groups is 1. The second-order valence-corrected chi connectivity index (χ2v) is 7.88. The molecule has 0 fully saturated rings. The summed E-state index contributed by atoms with van der Waals surface area (Å²) in [6.45, 7) is 5.01. The van der Waals surface area contributed by atoms with E-state index >= 15 is 0 Å². The summed E-state index contributed by atoms with van der Waals surface area (Å²) in [5.74, 6) is -0.598. The smallest absolute Gasteiger partial charge is 0.339 e. The maximum absolute atomic E-state index is 11.5. The molecule has 0 unspecified atom stereocenters. The maximum atomic E-state index is 11.5. The van der Waals surface area contributed by atoms with Crippen LogP contribution in [0.1, 0.15) is 47.9 Å². The summed E-state index contributed by atoms with van der Waals surface area (Å²) < 4.78 is 5.65. The van der Waals surface area contributed by atoms with Crippen LogP contribution < -0.4 is 10.1 Å². The van der Waals surface area contributed by atoms with Gasteiger partial charge in [-0.2, -0.15) is 0 Å². The first kappa shape index (κ1) is 23.4. The number of aromatic nitrogens is 1. The molecule has 2 aromatic carbocycles. The number of hydrogen-bond donors (Lipinski definition) is 3. The molecule has 0 aliphatic heterocycles. The predicted octanol–water partition coefficient (Wildman–Crippen LogP) is 4.49. The molecule has 0 radical (unpaired) electrons. The number of nitrogens with zero attached hydrogens (tertiary/aromatic N) is 1. The van der Waals surface area contributed by atoms with Crippen molar-refractivity contribution in [3.63, 3.8) is 0 Å². The highest BCUT2D eigenvalue weighted by Crippen LogP contribution is 2.28.